The number of halogens is 2. The molecule has 3 nitrogen and oxygen atoms in total. The van der Waals surface area contributed by atoms with Crippen molar-refractivity contribution in [1.29, 1.82) is 0 Å². The first-order chi connectivity index (χ1) is 8.22. The monoisotopic (exact) mass is 307 g/mol. The Morgan fingerprint density at radius 3 is 2.65 bits per heavy atom. The van der Waals surface area contributed by atoms with Crippen LogP contribution in [-0.4, -0.2) is 14.6 Å². The third-order valence-corrected chi connectivity index (χ3v) is 3.15. The molecule has 0 saturated carbocycles. The second-order valence-corrected chi connectivity index (χ2v) is 4.94. The Morgan fingerprint density at radius 1 is 1.12 bits per heavy atom. The first kappa shape index (κ1) is 10.7. The van der Waals surface area contributed by atoms with Crippen molar-refractivity contribution in [2.75, 3.05) is 0 Å². The molecule has 0 fully saturated rings. The van der Waals surface area contributed by atoms with Gasteiger partial charge in [-0.05, 0) is 36.4 Å². The van der Waals surface area contributed by atoms with Gasteiger partial charge in [-0.25, -0.2) is 9.50 Å². The highest BCUT2D eigenvalue weighted by atomic mass is 79.9. The molecule has 0 amide bonds. The molecule has 84 valence electrons. The number of benzene rings is 1. The van der Waals surface area contributed by atoms with Gasteiger partial charge in [0, 0.05) is 21.3 Å². The van der Waals surface area contributed by atoms with Crippen LogP contribution in [0.15, 0.2) is 47.1 Å². The van der Waals surface area contributed by atoms with Gasteiger partial charge in [-0.3, -0.25) is 0 Å². The number of fused-ring (bicyclic) bond motifs is 1. The topological polar surface area (TPSA) is 30.2 Å². The molecule has 0 N–H and O–H groups in total. The maximum atomic E-state index is 5.85. The number of hydrogen-bond acceptors (Lipinski definition) is 2. The lowest BCUT2D eigenvalue weighted by Gasteiger charge is -1.93. The van der Waals surface area contributed by atoms with Gasteiger partial charge in [0.05, 0.1) is 0 Å². The Hall–Kier alpha value is -1.39. The molecule has 2 heterocycles. The molecule has 0 radical (unpaired) electrons. The molecular formula is C12H7BrClN3. The van der Waals surface area contributed by atoms with Crippen molar-refractivity contribution in [2.24, 2.45) is 0 Å². The van der Waals surface area contributed by atoms with Crippen LogP contribution in [0.5, 0.6) is 0 Å². The van der Waals surface area contributed by atoms with Crippen LogP contribution in [0.3, 0.4) is 0 Å². The predicted molar refractivity (Wildman–Crippen MR) is 71.1 cm³/mol. The molecule has 0 atom stereocenters. The van der Waals surface area contributed by atoms with Crippen LogP contribution >= 0.6 is 27.5 Å². The standard InChI is InChI=1S/C12H7BrClN3/c13-9-5-6-17-11(7-9)15-12(16-17)8-1-3-10(14)4-2-8/h1-7H. The van der Waals surface area contributed by atoms with Gasteiger partial charge in [0.15, 0.2) is 11.5 Å². The summed E-state index contributed by atoms with van der Waals surface area (Å²) in [6.07, 6.45) is 1.87. The summed E-state index contributed by atoms with van der Waals surface area (Å²) < 4.78 is 2.73. The Kier molecular flexibility index (Phi) is 2.61. The van der Waals surface area contributed by atoms with E-state index in [-0.39, 0.29) is 0 Å². The Morgan fingerprint density at radius 2 is 1.88 bits per heavy atom. The van der Waals surface area contributed by atoms with E-state index < -0.39 is 0 Å². The zero-order valence-electron chi connectivity index (χ0n) is 8.64. The second-order valence-electron chi connectivity index (χ2n) is 3.59. The highest BCUT2D eigenvalue weighted by molar-refractivity contribution is 9.10. The molecule has 0 aliphatic heterocycles. The normalized spacial score (nSPS) is 10.9. The summed E-state index contributed by atoms with van der Waals surface area (Å²) in [6.45, 7) is 0. The fraction of sp³-hybridized carbons (Fsp3) is 0. The Bertz CT molecular complexity index is 676. The number of aromatic nitrogens is 3. The van der Waals surface area contributed by atoms with Crippen molar-refractivity contribution in [3.63, 3.8) is 0 Å². The van der Waals surface area contributed by atoms with Gasteiger partial charge in [-0.1, -0.05) is 27.5 Å². The lowest BCUT2D eigenvalue weighted by molar-refractivity contribution is 0.964. The van der Waals surface area contributed by atoms with E-state index in [1.807, 2.05) is 42.6 Å². The van der Waals surface area contributed by atoms with E-state index in [1.54, 1.807) is 4.52 Å². The maximum Gasteiger partial charge on any atom is 0.182 e. The highest BCUT2D eigenvalue weighted by Crippen LogP contribution is 2.20. The summed E-state index contributed by atoms with van der Waals surface area (Å²) >= 11 is 9.26. The van der Waals surface area contributed by atoms with Crippen LogP contribution in [0, 0.1) is 0 Å². The van der Waals surface area contributed by atoms with Crippen molar-refractivity contribution < 1.29 is 0 Å². The summed E-state index contributed by atoms with van der Waals surface area (Å²) in [5.74, 6) is 0.694. The highest BCUT2D eigenvalue weighted by Gasteiger charge is 2.06. The van der Waals surface area contributed by atoms with Crippen LogP contribution < -0.4 is 0 Å². The summed E-state index contributed by atoms with van der Waals surface area (Å²) in [5.41, 5.74) is 1.76. The summed E-state index contributed by atoms with van der Waals surface area (Å²) in [4.78, 5) is 4.45. The molecule has 5 heteroatoms. The van der Waals surface area contributed by atoms with Crippen LogP contribution in [0.1, 0.15) is 0 Å². The molecule has 3 rings (SSSR count). The smallest absolute Gasteiger partial charge is 0.182 e. The van der Waals surface area contributed by atoms with E-state index in [1.165, 1.54) is 0 Å². The van der Waals surface area contributed by atoms with Crippen molar-refractivity contribution >= 4 is 33.2 Å². The minimum atomic E-state index is 0.694. The van der Waals surface area contributed by atoms with Crippen LogP contribution in [0.25, 0.3) is 17.0 Å². The zero-order valence-corrected chi connectivity index (χ0v) is 11.0. The van der Waals surface area contributed by atoms with Gasteiger partial charge in [0.2, 0.25) is 0 Å². The first-order valence-electron chi connectivity index (χ1n) is 5.00. The summed E-state index contributed by atoms with van der Waals surface area (Å²) in [7, 11) is 0. The van der Waals surface area contributed by atoms with Crippen molar-refractivity contribution in [2.45, 2.75) is 0 Å². The fourth-order valence-corrected chi connectivity index (χ4v) is 2.03. The van der Waals surface area contributed by atoms with Gasteiger partial charge in [-0.15, -0.1) is 5.10 Å². The van der Waals surface area contributed by atoms with Gasteiger partial charge >= 0.3 is 0 Å². The lowest BCUT2D eigenvalue weighted by Crippen LogP contribution is -1.85. The molecule has 0 saturated heterocycles. The third kappa shape index (κ3) is 2.06. The fourth-order valence-electron chi connectivity index (χ4n) is 1.58. The molecule has 0 bridgehead atoms. The number of pyridine rings is 1. The van der Waals surface area contributed by atoms with E-state index in [2.05, 4.69) is 26.0 Å². The van der Waals surface area contributed by atoms with Crippen molar-refractivity contribution in [3.05, 3.63) is 52.1 Å². The summed E-state index contributed by atoms with van der Waals surface area (Å²) in [6, 6.07) is 11.3. The SMILES string of the molecule is Clc1ccc(-c2nc3cc(Br)ccn3n2)cc1. The largest absolute Gasteiger partial charge is 0.220 e. The Labute approximate surface area is 111 Å². The minimum Gasteiger partial charge on any atom is -0.220 e. The number of nitrogens with zero attached hydrogens (tertiary/aromatic N) is 3. The third-order valence-electron chi connectivity index (χ3n) is 2.40. The van der Waals surface area contributed by atoms with E-state index in [0.717, 1.165) is 15.7 Å². The van der Waals surface area contributed by atoms with Crippen molar-refractivity contribution in [3.8, 4) is 11.4 Å². The molecule has 0 aliphatic carbocycles. The van der Waals surface area contributed by atoms with Crippen LogP contribution in [0.4, 0.5) is 0 Å². The molecule has 0 unspecified atom stereocenters. The van der Waals surface area contributed by atoms with Gasteiger partial charge < -0.3 is 0 Å². The number of rotatable bonds is 1. The predicted octanol–water partition coefficient (Wildman–Crippen LogP) is 3.81. The zero-order chi connectivity index (χ0) is 11.8. The van der Waals surface area contributed by atoms with Gasteiger partial charge in [0.1, 0.15) is 0 Å². The van der Waals surface area contributed by atoms with E-state index >= 15 is 0 Å². The van der Waals surface area contributed by atoms with Gasteiger partial charge in [0.25, 0.3) is 0 Å². The number of hydrogen-bond donors (Lipinski definition) is 0. The molecule has 0 aliphatic rings. The maximum absolute atomic E-state index is 5.85. The lowest BCUT2D eigenvalue weighted by atomic mass is 10.2. The van der Waals surface area contributed by atoms with E-state index in [0.29, 0.717) is 10.8 Å². The molecule has 2 aromatic heterocycles. The van der Waals surface area contributed by atoms with E-state index in [9.17, 15) is 0 Å². The van der Waals surface area contributed by atoms with Crippen LogP contribution in [0.2, 0.25) is 5.02 Å². The molecule has 3 aromatic rings. The molecular weight excluding hydrogens is 302 g/mol. The molecule has 0 spiro atoms. The first-order valence-corrected chi connectivity index (χ1v) is 6.17. The van der Waals surface area contributed by atoms with Gasteiger partial charge in [-0.2, -0.15) is 0 Å². The second kappa shape index (κ2) is 4.13. The molecule has 1 aromatic carbocycles. The Balaban J connectivity index is 2.14. The average molecular weight is 309 g/mol. The minimum absolute atomic E-state index is 0.694. The quantitative estimate of drug-likeness (QED) is 0.684. The molecule has 17 heavy (non-hydrogen) atoms. The average Bonchev–Trinajstić information content (AvgIpc) is 2.72. The summed E-state index contributed by atoms with van der Waals surface area (Å²) in [5, 5.41) is 5.10. The van der Waals surface area contributed by atoms with E-state index in [4.69, 9.17) is 11.6 Å². The van der Waals surface area contributed by atoms with Crippen molar-refractivity contribution in [1.82, 2.24) is 14.6 Å². The van der Waals surface area contributed by atoms with Crippen LogP contribution in [-0.2, 0) is 0 Å².